The first kappa shape index (κ1) is 21.1. The number of fused-ring (bicyclic) bond motifs is 3. The van der Waals surface area contributed by atoms with Crippen LogP contribution in [0.2, 0.25) is 0 Å². The predicted octanol–water partition coefficient (Wildman–Crippen LogP) is 5.94. The van der Waals surface area contributed by atoms with Crippen LogP contribution in [0.5, 0.6) is 0 Å². The standard InChI is InChI=1S/C25H31BO4/c1-14(2)17-10-9-16(13-27)20-21-19(26-29-24(5,6)25(7,8)30-26)12-11-18(15(3)4)23(21)28-22(17)20/h9-15H,1-8H3. The molecular formula is C25H31BO4. The molecular weight excluding hydrogens is 375 g/mol. The molecule has 0 amide bonds. The van der Waals surface area contributed by atoms with E-state index in [0.29, 0.717) is 5.56 Å². The summed E-state index contributed by atoms with van der Waals surface area (Å²) in [6, 6.07) is 8.08. The van der Waals surface area contributed by atoms with Crippen LogP contribution in [-0.2, 0) is 9.31 Å². The molecule has 0 atom stereocenters. The highest BCUT2D eigenvalue weighted by Gasteiger charge is 2.52. The lowest BCUT2D eigenvalue weighted by molar-refractivity contribution is 0.00578. The van der Waals surface area contributed by atoms with E-state index in [4.69, 9.17) is 13.7 Å². The quantitative estimate of drug-likeness (QED) is 0.397. The highest BCUT2D eigenvalue weighted by atomic mass is 16.7. The van der Waals surface area contributed by atoms with E-state index in [2.05, 4.69) is 39.8 Å². The van der Waals surface area contributed by atoms with Gasteiger partial charge in [-0.25, -0.2) is 0 Å². The maximum absolute atomic E-state index is 12.0. The smallest absolute Gasteiger partial charge is 0.455 e. The molecule has 0 aliphatic carbocycles. The van der Waals surface area contributed by atoms with Gasteiger partial charge in [-0.15, -0.1) is 0 Å². The monoisotopic (exact) mass is 406 g/mol. The Morgan fingerprint density at radius 3 is 1.80 bits per heavy atom. The summed E-state index contributed by atoms with van der Waals surface area (Å²) in [6.07, 6.45) is 0.914. The summed E-state index contributed by atoms with van der Waals surface area (Å²) in [5.41, 5.74) is 4.48. The number of carbonyl (C=O) groups is 1. The first-order valence-corrected chi connectivity index (χ1v) is 10.8. The molecule has 4 nitrogen and oxygen atoms in total. The van der Waals surface area contributed by atoms with Crippen LogP contribution >= 0.6 is 0 Å². The van der Waals surface area contributed by atoms with Crippen LogP contribution in [0.1, 0.15) is 88.7 Å². The molecule has 1 fully saturated rings. The van der Waals surface area contributed by atoms with Crippen LogP contribution in [0, 0.1) is 0 Å². The SMILES string of the molecule is CC(C)c1ccc(C=O)c2c1oc1c(C(C)C)ccc(B3OC(C)(C)C(C)(C)O3)c12. The molecule has 1 aromatic heterocycles. The van der Waals surface area contributed by atoms with Gasteiger partial charge in [0.05, 0.1) is 11.2 Å². The van der Waals surface area contributed by atoms with Crippen LogP contribution in [0.15, 0.2) is 28.7 Å². The summed E-state index contributed by atoms with van der Waals surface area (Å²) in [6.45, 7) is 16.8. The molecule has 0 N–H and O–H groups in total. The number of hydrogen-bond donors (Lipinski definition) is 0. The van der Waals surface area contributed by atoms with E-state index < -0.39 is 18.3 Å². The zero-order valence-corrected chi connectivity index (χ0v) is 19.3. The van der Waals surface area contributed by atoms with Gasteiger partial charge in [-0.1, -0.05) is 52.0 Å². The first-order valence-electron chi connectivity index (χ1n) is 10.8. The van der Waals surface area contributed by atoms with E-state index >= 15 is 0 Å². The Balaban J connectivity index is 2.11. The third-order valence-electron chi connectivity index (χ3n) is 6.77. The second-order valence-electron chi connectivity index (χ2n) is 10.0. The van der Waals surface area contributed by atoms with Crippen molar-refractivity contribution in [2.24, 2.45) is 0 Å². The van der Waals surface area contributed by atoms with Gasteiger partial charge >= 0.3 is 7.12 Å². The molecule has 2 heterocycles. The van der Waals surface area contributed by atoms with Crippen LogP contribution in [0.4, 0.5) is 0 Å². The Bertz CT molecular complexity index is 1120. The third kappa shape index (κ3) is 3.02. The molecule has 30 heavy (non-hydrogen) atoms. The first-order chi connectivity index (χ1) is 14.0. The molecule has 2 aromatic carbocycles. The molecule has 0 radical (unpaired) electrons. The fourth-order valence-corrected chi connectivity index (χ4v) is 4.24. The highest BCUT2D eigenvalue weighted by Crippen LogP contribution is 2.41. The van der Waals surface area contributed by atoms with E-state index in [0.717, 1.165) is 44.8 Å². The summed E-state index contributed by atoms with van der Waals surface area (Å²) in [5, 5.41) is 1.79. The molecule has 1 aliphatic heterocycles. The topological polar surface area (TPSA) is 48.7 Å². The molecule has 158 valence electrons. The van der Waals surface area contributed by atoms with Gasteiger partial charge in [0.15, 0.2) is 6.29 Å². The third-order valence-corrected chi connectivity index (χ3v) is 6.77. The fraction of sp³-hybridized carbons (Fsp3) is 0.480. The lowest BCUT2D eigenvalue weighted by Gasteiger charge is -2.32. The van der Waals surface area contributed by atoms with Crippen molar-refractivity contribution < 1.29 is 18.5 Å². The van der Waals surface area contributed by atoms with E-state index in [-0.39, 0.29) is 11.8 Å². The number of hydrogen-bond acceptors (Lipinski definition) is 4. The molecule has 3 aromatic rings. The van der Waals surface area contributed by atoms with Crippen LogP contribution in [-0.4, -0.2) is 24.6 Å². The van der Waals surface area contributed by atoms with Gasteiger partial charge in [0.25, 0.3) is 0 Å². The van der Waals surface area contributed by atoms with E-state index in [1.54, 1.807) is 0 Å². The van der Waals surface area contributed by atoms with E-state index in [9.17, 15) is 4.79 Å². The van der Waals surface area contributed by atoms with Gasteiger partial charge in [0, 0.05) is 16.3 Å². The Labute approximate surface area is 179 Å². The van der Waals surface area contributed by atoms with Crippen molar-refractivity contribution in [3.05, 3.63) is 41.0 Å². The van der Waals surface area contributed by atoms with Crippen LogP contribution in [0.3, 0.4) is 0 Å². The summed E-state index contributed by atoms with van der Waals surface area (Å²) >= 11 is 0. The molecule has 5 heteroatoms. The van der Waals surface area contributed by atoms with Crippen molar-refractivity contribution in [1.82, 2.24) is 0 Å². The van der Waals surface area contributed by atoms with Crippen molar-refractivity contribution in [3.63, 3.8) is 0 Å². The van der Waals surface area contributed by atoms with Crippen molar-refractivity contribution in [2.75, 3.05) is 0 Å². The van der Waals surface area contributed by atoms with Crippen molar-refractivity contribution >= 4 is 40.8 Å². The number of benzene rings is 2. The van der Waals surface area contributed by atoms with Gasteiger partial charge < -0.3 is 13.7 Å². The Morgan fingerprint density at radius 1 is 0.800 bits per heavy atom. The second kappa shape index (κ2) is 6.96. The summed E-state index contributed by atoms with van der Waals surface area (Å²) in [7, 11) is -0.526. The maximum Gasteiger partial charge on any atom is 0.495 e. The molecule has 1 aliphatic rings. The largest absolute Gasteiger partial charge is 0.495 e. The van der Waals surface area contributed by atoms with Gasteiger partial charge in [0.1, 0.15) is 11.2 Å². The number of aldehydes is 1. The lowest BCUT2D eigenvalue weighted by Crippen LogP contribution is -2.41. The number of furan rings is 1. The van der Waals surface area contributed by atoms with Gasteiger partial charge in [-0.05, 0) is 56.1 Å². The van der Waals surface area contributed by atoms with E-state index in [1.807, 2.05) is 39.8 Å². The van der Waals surface area contributed by atoms with Crippen molar-refractivity contribution in [2.45, 2.75) is 78.4 Å². The summed E-state index contributed by atoms with van der Waals surface area (Å²) in [4.78, 5) is 12.0. The van der Waals surface area contributed by atoms with E-state index in [1.165, 1.54) is 0 Å². The number of rotatable bonds is 4. The minimum absolute atomic E-state index is 0.275. The highest BCUT2D eigenvalue weighted by molar-refractivity contribution is 6.66. The normalized spacial score (nSPS) is 18.3. The van der Waals surface area contributed by atoms with Gasteiger partial charge in [0.2, 0.25) is 0 Å². The van der Waals surface area contributed by atoms with Gasteiger partial charge in [-0.2, -0.15) is 0 Å². The van der Waals surface area contributed by atoms with Gasteiger partial charge in [-0.3, -0.25) is 4.79 Å². The molecule has 0 spiro atoms. The molecule has 0 saturated carbocycles. The van der Waals surface area contributed by atoms with Crippen molar-refractivity contribution in [3.8, 4) is 0 Å². The molecule has 1 saturated heterocycles. The molecule has 0 unspecified atom stereocenters. The maximum atomic E-state index is 12.0. The Morgan fingerprint density at radius 2 is 1.30 bits per heavy atom. The zero-order chi connectivity index (χ0) is 22.0. The average Bonchev–Trinajstić information content (AvgIpc) is 3.14. The lowest BCUT2D eigenvalue weighted by atomic mass is 9.75. The Hall–Kier alpha value is -2.11. The molecule has 4 rings (SSSR count). The second-order valence-corrected chi connectivity index (χ2v) is 10.0. The minimum Gasteiger partial charge on any atom is -0.455 e. The van der Waals surface area contributed by atoms with Crippen molar-refractivity contribution in [1.29, 1.82) is 0 Å². The number of carbonyl (C=O) groups excluding carboxylic acids is 1. The molecule has 0 bridgehead atoms. The average molecular weight is 406 g/mol. The summed E-state index contributed by atoms with van der Waals surface area (Å²) in [5.74, 6) is 0.555. The predicted molar refractivity (Wildman–Crippen MR) is 123 cm³/mol. The zero-order valence-electron chi connectivity index (χ0n) is 19.3. The summed E-state index contributed by atoms with van der Waals surface area (Å²) < 4.78 is 19.3. The fourth-order valence-electron chi connectivity index (χ4n) is 4.24. The Kier molecular flexibility index (Phi) is 4.91. The van der Waals surface area contributed by atoms with Crippen LogP contribution < -0.4 is 5.46 Å². The van der Waals surface area contributed by atoms with Crippen LogP contribution in [0.25, 0.3) is 21.9 Å². The minimum atomic E-state index is -0.526.